The molecular formula is C46H40N4O4S2. The number of hydrogen-bond donors (Lipinski definition) is 2. The normalized spacial score (nSPS) is 17.6. The number of carbonyl (C=O) groups is 4. The van der Waals surface area contributed by atoms with Gasteiger partial charge in [0.15, 0.2) is 0 Å². The maximum atomic E-state index is 15.0. The third-order valence-corrected chi connectivity index (χ3v) is 13.7. The lowest BCUT2D eigenvalue weighted by molar-refractivity contribution is 0.0873. The van der Waals surface area contributed by atoms with Gasteiger partial charge in [-0.3, -0.25) is 19.2 Å². The first-order valence-electron chi connectivity index (χ1n) is 19.7. The fourth-order valence-electron chi connectivity index (χ4n) is 9.13. The number of anilines is 4. The van der Waals surface area contributed by atoms with Gasteiger partial charge in [0.1, 0.15) is 0 Å². The van der Waals surface area contributed by atoms with Crippen molar-refractivity contribution in [3.05, 3.63) is 118 Å². The minimum absolute atomic E-state index is 0.102. The lowest BCUT2D eigenvalue weighted by Crippen LogP contribution is -2.44. The van der Waals surface area contributed by atoms with Gasteiger partial charge in [-0.15, -0.1) is 22.7 Å². The van der Waals surface area contributed by atoms with Crippen molar-refractivity contribution in [2.75, 3.05) is 20.4 Å². The summed E-state index contributed by atoms with van der Waals surface area (Å²) in [6, 6.07) is 26.9. The summed E-state index contributed by atoms with van der Waals surface area (Å²) < 4.78 is 0. The first-order chi connectivity index (χ1) is 27.4. The quantitative estimate of drug-likeness (QED) is 0.149. The van der Waals surface area contributed by atoms with Crippen LogP contribution in [0.5, 0.6) is 0 Å². The summed E-state index contributed by atoms with van der Waals surface area (Å²) in [6.07, 6.45) is 10.3. The molecule has 10 heteroatoms. The Balaban J connectivity index is 1.16. The zero-order chi connectivity index (χ0) is 37.9. The molecule has 2 aromatic heterocycles. The Hall–Kier alpha value is -5.58. The Morgan fingerprint density at radius 2 is 0.875 bits per heavy atom. The highest BCUT2D eigenvalue weighted by Gasteiger charge is 2.44. The third-order valence-electron chi connectivity index (χ3n) is 11.9. The van der Waals surface area contributed by atoms with E-state index in [0.29, 0.717) is 55.8 Å². The van der Waals surface area contributed by atoms with Gasteiger partial charge in [-0.25, -0.2) is 9.80 Å². The summed E-state index contributed by atoms with van der Waals surface area (Å²) in [5.74, 6) is -1.89. The van der Waals surface area contributed by atoms with Gasteiger partial charge >= 0.3 is 0 Å². The molecule has 4 aliphatic rings. The Morgan fingerprint density at radius 3 is 1.23 bits per heavy atom. The highest BCUT2D eigenvalue weighted by molar-refractivity contribution is 7.13. The maximum Gasteiger partial charge on any atom is 0.268 e. The summed E-state index contributed by atoms with van der Waals surface area (Å²) in [5.41, 5.74) is 5.24. The van der Waals surface area contributed by atoms with Crippen LogP contribution in [0.1, 0.15) is 106 Å². The third kappa shape index (κ3) is 5.85. The molecule has 0 saturated heterocycles. The van der Waals surface area contributed by atoms with Crippen molar-refractivity contribution in [1.29, 1.82) is 0 Å². The van der Waals surface area contributed by atoms with Crippen molar-refractivity contribution in [3.8, 4) is 20.9 Å². The summed E-state index contributed by atoms with van der Waals surface area (Å²) in [6.45, 7) is 0. The fourth-order valence-corrected chi connectivity index (χ4v) is 10.6. The van der Waals surface area contributed by atoms with Crippen LogP contribution in [0.25, 0.3) is 31.7 Å². The van der Waals surface area contributed by atoms with Gasteiger partial charge in [-0.05, 0) is 96.1 Å². The van der Waals surface area contributed by atoms with Crippen LogP contribution in [0.15, 0.2) is 95.7 Å². The molecule has 4 aromatic carbocycles. The molecule has 56 heavy (non-hydrogen) atoms. The lowest BCUT2D eigenvalue weighted by Gasteiger charge is -2.36. The van der Waals surface area contributed by atoms with Crippen LogP contribution in [0, 0.1) is 0 Å². The van der Waals surface area contributed by atoms with E-state index in [2.05, 4.69) is 10.6 Å². The van der Waals surface area contributed by atoms with E-state index in [4.69, 9.17) is 0 Å². The van der Waals surface area contributed by atoms with Crippen molar-refractivity contribution in [2.24, 2.45) is 0 Å². The molecule has 2 aliphatic heterocycles. The van der Waals surface area contributed by atoms with Gasteiger partial charge in [-0.1, -0.05) is 74.9 Å². The average molecular weight is 777 g/mol. The maximum absolute atomic E-state index is 15.0. The van der Waals surface area contributed by atoms with Crippen LogP contribution in [-0.4, -0.2) is 35.7 Å². The molecule has 2 fully saturated rings. The molecule has 280 valence electrons. The smallest absolute Gasteiger partial charge is 0.268 e. The second-order valence-electron chi connectivity index (χ2n) is 15.3. The highest BCUT2D eigenvalue weighted by Crippen LogP contribution is 2.47. The molecule has 2 N–H and O–H groups in total. The predicted molar refractivity (Wildman–Crippen MR) is 227 cm³/mol. The molecule has 0 unspecified atom stereocenters. The summed E-state index contributed by atoms with van der Waals surface area (Å²) in [5, 5.41) is 12.2. The van der Waals surface area contributed by atoms with Crippen molar-refractivity contribution < 1.29 is 19.2 Å². The number of amides is 4. The van der Waals surface area contributed by atoms with Gasteiger partial charge in [0.05, 0.1) is 33.6 Å². The zero-order valence-corrected chi connectivity index (χ0v) is 32.4. The van der Waals surface area contributed by atoms with Gasteiger partial charge in [0.25, 0.3) is 23.6 Å². The molecular weight excluding hydrogens is 737 g/mol. The first kappa shape index (κ1) is 34.9. The van der Waals surface area contributed by atoms with E-state index in [9.17, 15) is 19.2 Å². The summed E-state index contributed by atoms with van der Waals surface area (Å²) >= 11 is 3.26. The van der Waals surface area contributed by atoms with E-state index in [1.807, 2.05) is 83.6 Å². The number of benzene rings is 4. The number of nitrogens with zero attached hydrogens (tertiary/aromatic N) is 2. The Morgan fingerprint density at radius 1 is 0.482 bits per heavy atom. The standard InChI is InChI=1S/C46H40N4O4S2/c51-43-33-25-35(47-29-9-3-1-4-10-29)41-39-34(44(52)49(45(41)53)31-19-15-27(16-20-31)37-13-7-23-55-37)26-36(48-30-11-5-2-6-12-30)42(40(33)39)46(54)50(43)32-21-17-28(18-22-32)38-14-8-24-56-38/h7-8,13-26,29-30,47-48H,1-6,9-12H2. The molecule has 6 aromatic rings. The zero-order valence-electron chi connectivity index (χ0n) is 30.8. The van der Waals surface area contributed by atoms with Crippen molar-refractivity contribution in [3.63, 3.8) is 0 Å². The first-order valence-corrected chi connectivity index (χ1v) is 21.5. The van der Waals surface area contributed by atoms with Crippen molar-refractivity contribution >= 4 is 79.8 Å². The molecule has 4 heterocycles. The van der Waals surface area contributed by atoms with Crippen LogP contribution in [0.4, 0.5) is 22.7 Å². The highest BCUT2D eigenvalue weighted by atomic mass is 32.1. The SMILES string of the molecule is O=C1c2cc(NC3CCCCC3)c3c4c(cc(NC5CCCCC5)c(c24)C(=O)N1c1ccc(-c2cccs2)cc1)C(=O)N(c1ccc(-c2cccs2)cc1)C3=O. The molecule has 2 saturated carbocycles. The van der Waals surface area contributed by atoms with E-state index in [1.165, 1.54) is 9.80 Å². The van der Waals surface area contributed by atoms with Crippen LogP contribution >= 0.6 is 22.7 Å². The van der Waals surface area contributed by atoms with Crippen LogP contribution in [0.3, 0.4) is 0 Å². The molecule has 2 aliphatic carbocycles. The lowest BCUT2D eigenvalue weighted by atomic mass is 9.82. The van der Waals surface area contributed by atoms with Gasteiger partial charge in [0, 0.05) is 44.0 Å². The van der Waals surface area contributed by atoms with Crippen molar-refractivity contribution in [1.82, 2.24) is 0 Å². The summed E-state index contributed by atoms with van der Waals surface area (Å²) in [4.78, 5) is 64.4. The molecule has 8 nitrogen and oxygen atoms in total. The number of nitrogens with one attached hydrogen (secondary N) is 2. The van der Waals surface area contributed by atoms with Crippen LogP contribution in [-0.2, 0) is 0 Å². The van der Waals surface area contributed by atoms with Crippen molar-refractivity contribution in [2.45, 2.75) is 76.3 Å². The molecule has 10 rings (SSSR count). The molecule has 0 spiro atoms. The van der Waals surface area contributed by atoms with Crippen LogP contribution < -0.4 is 20.4 Å². The van der Waals surface area contributed by atoms with E-state index in [1.54, 1.807) is 34.8 Å². The predicted octanol–water partition coefficient (Wildman–Crippen LogP) is 11.4. The summed E-state index contributed by atoms with van der Waals surface area (Å²) in [7, 11) is 0. The van der Waals surface area contributed by atoms with Gasteiger partial charge in [-0.2, -0.15) is 0 Å². The average Bonchev–Trinajstić information content (AvgIpc) is 3.97. The molecule has 0 atom stereocenters. The Kier molecular flexibility index (Phi) is 8.83. The number of hydrogen-bond acceptors (Lipinski definition) is 8. The fraction of sp³-hybridized carbons (Fsp3) is 0.261. The Labute approximate surface area is 333 Å². The molecule has 0 bridgehead atoms. The van der Waals surface area contributed by atoms with Crippen LogP contribution in [0.2, 0.25) is 0 Å². The number of imide groups is 2. The second kappa shape index (κ2) is 14.2. The minimum atomic E-state index is -0.475. The topological polar surface area (TPSA) is 98.8 Å². The number of thiophene rings is 2. The number of carbonyl (C=O) groups excluding carboxylic acids is 4. The van der Waals surface area contributed by atoms with E-state index in [0.717, 1.165) is 85.1 Å². The van der Waals surface area contributed by atoms with E-state index in [-0.39, 0.29) is 12.1 Å². The number of rotatable bonds is 8. The largest absolute Gasteiger partial charge is 0.382 e. The minimum Gasteiger partial charge on any atom is -0.382 e. The second-order valence-corrected chi connectivity index (χ2v) is 17.2. The van der Waals surface area contributed by atoms with Gasteiger partial charge in [0.2, 0.25) is 0 Å². The molecule has 4 amide bonds. The van der Waals surface area contributed by atoms with E-state index < -0.39 is 23.6 Å². The monoisotopic (exact) mass is 776 g/mol. The molecule has 0 radical (unpaired) electrons. The van der Waals surface area contributed by atoms with E-state index >= 15 is 0 Å². The Bertz CT molecular complexity index is 2340. The van der Waals surface area contributed by atoms with Gasteiger partial charge < -0.3 is 10.6 Å².